The van der Waals surface area contributed by atoms with E-state index in [0.717, 1.165) is 5.56 Å². The Hall–Kier alpha value is -0.530. The summed E-state index contributed by atoms with van der Waals surface area (Å²) in [5.41, 5.74) is 0.915. The van der Waals surface area contributed by atoms with E-state index >= 15 is 0 Å². The van der Waals surface area contributed by atoms with E-state index in [-0.39, 0.29) is 11.7 Å². The summed E-state index contributed by atoms with van der Waals surface area (Å²) >= 11 is 11.6. The summed E-state index contributed by atoms with van der Waals surface area (Å²) in [6.07, 6.45) is 0.425. The highest BCUT2D eigenvalue weighted by Crippen LogP contribution is 2.23. The summed E-state index contributed by atoms with van der Waals surface area (Å²) in [5.74, 6) is 0.271. The third kappa shape index (κ3) is 3.00. The average molecular weight is 231 g/mol. The predicted octanol–water partition coefficient (Wildman–Crippen LogP) is 3.76. The molecule has 0 saturated heterocycles. The van der Waals surface area contributed by atoms with Crippen molar-refractivity contribution in [2.24, 2.45) is 5.92 Å². The van der Waals surface area contributed by atoms with Crippen LogP contribution in [0.25, 0.3) is 0 Å². The number of carbonyl (C=O) groups excluding carboxylic acids is 1. The third-order valence-electron chi connectivity index (χ3n) is 2.01. The molecule has 0 aliphatic rings. The van der Waals surface area contributed by atoms with E-state index in [0.29, 0.717) is 16.5 Å². The summed E-state index contributed by atoms with van der Waals surface area (Å²) in [4.78, 5) is 11.4. The van der Waals surface area contributed by atoms with Gasteiger partial charge < -0.3 is 0 Å². The van der Waals surface area contributed by atoms with Gasteiger partial charge in [-0.2, -0.15) is 0 Å². The van der Waals surface area contributed by atoms with Crippen molar-refractivity contribution < 1.29 is 4.79 Å². The first kappa shape index (κ1) is 11.5. The summed E-state index contributed by atoms with van der Waals surface area (Å²) in [6.45, 7) is 3.78. The normalized spacial score (nSPS) is 10.6. The van der Waals surface area contributed by atoms with Gasteiger partial charge in [-0.15, -0.1) is 0 Å². The van der Waals surface area contributed by atoms with Crippen molar-refractivity contribution in [3.05, 3.63) is 33.8 Å². The van der Waals surface area contributed by atoms with Crippen molar-refractivity contribution >= 4 is 29.0 Å². The second-order valence-corrected chi connectivity index (χ2v) is 4.36. The minimum atomic E-state index is 0.0597. The Balaban J connectivity index is 2.78. The summed E-state index contributed by atoms with van der Waals surface area (Å²) in [7, 11) is 0. The fraction of sp³-hybridized carbons (Fsp3) is 0.364. The predicted molar refractivity (Wildman–Crippen MR) is 60.0 cm³/mol. The Morgan fingerprint density at radius 3 is 2.43 bits per heavy atom. The molecule has 0 aromatic heterocycles. The molecule has 76 valence electrons. The number of benzene rings is 1. The van der Waals surface area contributed by atoms with E-state index in [1.54, 1.807) is 12.1 Å². The largest absolute Gasteiger partial charge is 0.299 e. The Morgan fingerprint density at radius 1 is 1.29 bits per heavy atom. The first-order valence-electron chi connectivity index (χ1n) is 4.47. The second-order valence-electron chi connectivity index (χ2n) is 3.55. The van der Waals surface area contributed by atoms with E-state index < -0.39 is 0 Å². The van der Waals surface area contributed by atoms with Crippen LogP contribution in [0.15, 0.2) is 18.2 Å². The second kappa shape index (κ2) is 4.81. The average Bonchev–Trinajstić information content (AvgIpc) is 2.11. The molecule has 0 fully saturated rings. The van der Waals surface area contributed by atoms with Crippen LogP contribution in [0.3, 0.4) is 0 Å². The number of Topliss-reactive ketones (excluding diaryl/α,β-unsaturated/α-hetero) is 1. The molecule has 0 aliphatic carbocycles. The van der Waals surface area contributed by atoms with Crippen molar-refractivity contribution in [3.8, 4) is 0 Å². The number of carbonyl (C=O) groups is 1. The van der Waals surface area contributed by atoms with Crippen molar-refractivity contribution in [1.29, 1.82) is 0 Å². The zero-order valence-corrected chi connectivity index (χ0v) is 9.69. The molecule has 14 heavy (non-hydrogen) atoms. The lowest BCUT2D eigenvalue weighted by atomic mass is 10.0. The van der Waals surface area contributed by atoms with E-state index in [1.165, 1.54) is 0 Å². The van der Waals surface area contributed by atoms with Gasteiger partial charge in [-0.1, -0.05) is 43.1 Å². The molecule has 0 saturated carbocycles. The fourth-order valence-corrected chi connectivity index (χ4v) is 1.38. The van der Waals surface area contributed by atoms with E-state index in [1.807, 2.05) is 19.9 Å². The van der Waals surface area contributed by atoms with Gasteiger partial charge >= 0.3 is 0 Å². The van der Waals surface area contributed by atoms with Crippen LogP contribution in [-0.2, 0) is 11.2 Å². The first-order chi connectivity index (χ1) is 6.50. The van der Waals surface area contributed by atoms with Crippen molar-refractivity contribution in [1.82, 2.24) is 0 Å². The van der Waals surface area contributed by atoms with Gasteiger partial charge in [0.15, 0.2) is 0 Å². The minimum absolute atomic E-state index is 0.0597. The molecule has 0 amide bonds. The van der Waals surface area contributed by atoms with Crippen molar-refractivity contribution in [2.75, 3.05) is 0 Å². The van der Waals surface area contributed by atoms with E-state index in [2.05, 4.69) is 0 Å². The third-order valence-corrected chi connectivity index (χ3v) is 2.75. The van der Waals surface area contributed by atoms with Gasteiger partial charge in [0.2, 0.25) is 0 Å². The molecule has 0 aliphatic heterocycles. The topological polar surface area (TPSA) is 17.1 Å². The number of halogens is 2. The van der Waals surface area contributed by atoms with Crippen LogP contribution in [0, 0.1) is 5.92 Å². The van der Waals surface area contributed by atoms with Gasteiger partial charge in [-0.3, -0.25) is 4.79 Å². The molecule has 1 rings (SSSR count). The quantitative estimate of drug-likeness (QED) is 0.773. The van der Waals surface area contributed by atoms with Crippen LogP contribution >= 0.6 is 23.2 Å². The number of hydrogen-bond acceptors (Lipinski definition) is 1. The van der Waals surface area contributed by atoms with Crippen LogP contribution in [0.2, 0.25) is 10.0 Å². The molecule has 3 heteroatoms. The van der Waals surface area contributed by atoms with Crippen LogP contribution in [0.1, 0.15) is 19.4 Å². The summed E-state index contributed by atoms with van der Waals surface area (Å²) < 4.78 is 0. The van der Waals surface area contributed by atoms with Gasteiger partial charge in [0.25, 0.3) is 0 Å². The van der Waals surface area contributed by atoms with Crippen LogP contribution in [0.4, 0.5) is 0 Å². The highest BCUT2D eigenvalue weighted by molar-refractivity contribution is 6.42. The molecular weight excluding hydrogens is 219 g/mol. The minimum Gasteiger partial charge on any atom is -0.299 e. The van der Waals surface area contributed by atoms with Crippen LogP contribution in [0.5, 0.6) is 0 Å². The van der Waals surface area contributed by atoms with Crippen molar-refractivity contribution in [3.63, 3.8) is 0 Å². The first-order valence-corrected chi connectivity index (χ1v) is 5.23. The zero-order valence-electron chi connectivity index (χ0n) is 8.18. The lowest BCUT2D eigenvalue weighted by molar-refractivity contribution is -0.121. The van der Waals surface area contributed by atoms with Crippen LogP contribution < -0.4 is 0 Å². The Kier molecular flexibility index (Phi) is 3.97. The monoisotopic (exact) mass is 230 g/mol. The van der Waals surface area contributed by atoms with Gasteiger partial charge in [0, 0.05) is 12.3 Å². The van der Waals surface area contributed by atoms with Gasteiger partial charge in [0.1, 0.15) is 5.78 Å². The van der Waals surface area contributed by atoms with E-state index in [9.17, 15) is 4.79 Å². The number of hydrogen-bond donors (Lipinski definition) is 0. The highest BCUT2D eigenvalue weighted by atomic mass is 35.5. The SMILES string of the molecule is CC(C)C(=O)Cc1ccc(Cl)c(Cl)c1. The standard InChI is InChI=1S/C11H12Cl2O/c1-7(2)11(14)6-8-3-4-9(12)10(13)5-8/h3-5,7H,6H2,1-2H3. The maximum Gasteiger partial charge on any atom is 0.139 e. The summed E-state index contributed by atoms with van der Waals surface area (Å²) in [5, 5.41) is 1.02. The smallest absolute Gasteiger partial charge is 0.139 e. The lowest BCUT2D eigenvalue weighted by Gasteiger charge is -2.05. The highest BCUT2D eigenvalue weighted by Gasteiger charge is 2.09. The summed E-state index contributed by atoms with van der Waals surface area (Å²) in [6, 6.07) is 5.28. The molecule has 0 heterocycles. The molecule has 0 spiro atoms. The van der Waals surface area contributed by atoms with E-state index in [4.69, 9.17) is 23.2 Å². The molecule has 1 aromatic carbocycles. The molecule has 1 nitrogen and oxygen atoms in total. The van der Waals surface area contributed by atoms with Gasteiger partial charge in [-0.25, -0.2) is 0 Å². The maximum atomic E-state index is 11.4. The Labute approximate surface area is 94.0 Å². The molecule has 0 N–H and O–H groups in total. The number of rotatable bonds is 3. The Bertz CT molecular complexity index is 345. The lowest BCUT2D eigenvalue weighted by Crippen LogP contribution is -2.09. The molecule has 0 radical (unpaired) electrons. The van der Waals surface area contributed by atoms with Gasteiger partial charge in [-0.05, 0) is 17.7 Å². The molecule has 0 unspecified atom stereocenters. The maximum absolute atomic E-state index is 11.4. The van der Waals surface area contributed by atoms with Crippen molar-refractivity contribution in [2.45, 2.75) is 20.3 Å². The number of ketones is 1. The molecule has 0 bridgehead atoms. The zero-order chi connectivity index (χ0) is 10.7. The van der Waals surface area contributed by atoms with Crippen LogP contribution in [-0.4, -0.2) is 5.78 Å². The Morgan fingerprint density at radius 2 is 1.93 bits per heavy atom. The van der Waals surface area contributed by atoms with Gasteiger partial charge in [0.05, 0.1) is 10.0 Å². The fourth-order valence-electron chi connectivity index (χ4n) is 1.05. The molecular formula is C11H12Cl2O. The molecule has 1 aromatic rings. The molecule has 0 atom stereocenters.